The van der Waals surface area contributed by atoms with Crippen molar-refractivity contribution in [1.29, 1.82) is 0 Å². The molecule has 0 aliphatic carbocycles. The molecule has 90 valence electrons. The zero-order chi connectivity index (χ0) is 12.3. The van der Waals surface area contributed by atoms with E-state index in [4.69, 9.17) is 5.73 Å². The summed E-state index contributed by atoms with van der Waals surface area (Å²) in [5.74, 6) is -0.479. The molecule has 1 saturated heterocycles. The number of benzene rings is 1. The first-order valence-corrected chi connectivity index (χ1v) is 5.50. The van der Waals surface area contributed by atoms with Crippen LogP contribution in [0.2, 0.25) is 0 Å². The number of nitrogens with two attached hydrogens (primary N) is 1. The molecule has 0 saturated carbocycles. The molecule has 1 aliphatic heterocycles. The second kappa shape index (κ2) is 5.07. The molecule has 1 aromatic rings. The summed E-state index contributed by atoms with van der Waals surface area (Å²) in [5.41, 5.74) is 7.68. The summed E-state index contributed by atoms with van der Waals surface area (Å²) in [6, 6.07) is 7.86. The van der Waals surface area contributed by atoms with Crippen molar-refractivity contribution in [3.8, 4) is 0 Å². The lowest BCUT2D eigenvalue weighted by molar-refractivity contribution is -0.136. The van der Waals surface area contributed by atoms with Gasteiger partial charge in [0.1, 0.15) is 0 Å². The normalized spacial score (nSPS) is 17.0. The molecule has 2 amide bonds. The van der Waals surface area contributed by atoms with Gasteiger partial charge in [-0.3, -0.25) is 19.8 Å². The van der Waals surface area contributed by atoms with Gasteiger partial charge in [-0.15, -0.1) is 0 Å². The van der Waals surface area contributed by atoms with Crippen LogP contribution in [0, 0.1) is 0 Å². The third-order valence-corrected chi connectivity index (χ3v) is 2.65. The Bertz CT molecular complexity index is 429. The first-order valence-electron chi connectivity index (χ1n) is 5.50. The number of piperazine rings is 1. The third-order valence-electron chi connectivity index (χ3n) is 2.65. The predicted molar refractivity (Wildman–Crippen MR) is 62.8 cm³/mol. The number of rotatable bonds is 3. The van der Waals surface area contributed by atoms with E-state index in [0.29, 0.717) is 13.1 Å². The van der Waals surface area contributed by atoms with E-state index in [-0.39, 0.29) is 24.9 Å². The van der Waals surface area contributed by atoms with E-state index in [1.807, 2.05) is 29.2 Å². The van der Waals surface area contributed by atoms with E-state index in [2.05, 4.69) is 5.32 Å². The van der Waals surface area contributed by atoms with E-state index >= 15 is 0 Å². The van der Waals surface area contributed by atoms with Gasteiger partial charge in [0, 0.05) is 13.1 Å². The Labute approximate surface area is 99.6 Å². The quantitative estimate of drug-likeness (QED) is 0.697. The fourth-order valence-corrected chi connectivity index (χ4v) is 1.92. The summed E-state index contributed by atoms with van der Waals surface area (Å²) < 4.78 is 0. The third kappa shape index (κ3) is 3.12. The van der Waals surface area contributed by atoms with Crippen LogP contribution in [0.4, 0.5) is 0 Å². The molecular weight excluding hydrogens is 218 g/mol. The monoisotopic (exact) mass is 233 g/mol. The second-order valence-electron chi connectivity index (χ2n) is 4.14. The molecule has 17 heavy (non-hydrogen) atoms. The van der Waals surface area contributed by atoms with Gasteiger partial charge in [-0.2, -0.15) is 0 Å². The van der Waals surface area contributed by atoms with E-state index in [1.54, 1.807) is 0 Å². The minimum Gasteiger partial charge on any atom is -0.326 e. The lowest BCUT2D eigenvalue weighted by Gasteiger charge is -2.25. The Hall–Kier alpha value is -1.72. The van der Waals surface area contributed by atoms with Crippen molar-refractivity contribution < 1.29 is 9.59 Å². The highest BCUT2D eigenvalue weighted by Crippen LogP contribution is 2.09. The minimum atomic E-state index is -0.240. The first kappa shape index (κ1) is 11.8. The molecule has 0 radical (unpaired) electrons. The van der Waals surface area contributed by atoms with Crippen LogP contribution in [0.3, 0.4) is 0 Å². The number of nitrogens with zero attached hydrogens (tertiary/aromatic N) is 1. The average molecular weight is 233 g/mol. The summed E-state index contributed by atoms with van der Waals surface area (Å²) in [7, 11) is 0. The van der Waals surface area contributed by atoms with Crippen molar-refractivity contribution in [2.45, 2.75) is 13.1 Å². The Morgan fingerprint density at radius 1 is 1.18 bits per heavy atom. The number of hydrogen-bond donors (Lipinski definition) is 2. The molecule has 5 heteroatoms. The topological polar surface area (TPSA) is 75.4 Å². The van der Waals surface area contributed by atoms with Gasteiger partial charge in [0.05, 0.1) is 13.1 Å². The Balaban J connectivity index is 2.04. The van der Waals surface area contributed by atoms with Crippen molar-refractivity contribution in [2.24, 2.45) is 5.73 Å². The van der Waals surface area contributed by atoms with Crippen molar-refractivity contribution in [2.75, 3.05) is 13.1 Å². The maximum atomic E-state index is 11.2. The maximum Gasteiger partial charge on any atom is 0.240 e. The zero-order valence-corrected chi connectivity index (χ0v) is 9.48. The summed E-state index contributed by atoms with van der Waals surface area (Å²) in [6.45, 7) is 1.61. The van der Waals surface area contributed by atoms with Gasteiger partial charge in [-0.25, -0.2) is 0 Å². The predicted octanol–water partition coefficient (Wildman–Crippen LogP) is -0.396. The van der Waals surface area contributed by atoms with E-state index < -0.39 is 0 Å². The van der Waals surface area contributed by atoms with Crippen molar-refractivity contribution in [3.63, 3.8) is 0 Å². The highest BCUT2D eigenvalue weighted by molar-refractivity contribution is 5.99. The lowest BCUT2D eigenvalue weighted by atomic mass is 10.1. The number of imide groups is 1. The van der Waals surface area contributed by atoms with Gasteiger partial charge >= 0.3 is 0 Å². The molecule has 3 N–H and O–H groups in total. The van der Waals surface area contributed by atoms with Crippen LogP contribution in [0.1, 0.15) is 11.1 Å². The largest absolute Gasteiger partial charge is 0.326 e. The molecule has 0 aromatic heterocycles. The van der Waals surface area contributed by atoms with E-state index in [0.717, 1.165) is 11.1 Å². The van der Waals surface area contributed by atoms with Crippen molar-refractivity contribution in [3.05, 3.63) is 35.4 Å². The van der Waals surface area contributed by atoms with Crippen molar-refractivity contribution in [1.82, 2.24) is 10.2 Å². The van der Waals surface area contributed by atoms with E-state index in [1.165, 1.54) is 0 Å². The summed E-state index contributed by atoms with van der Waals surface area (Å²) in [5, 5.41) is 2.28. The summed E-state index contributed by atoms with van der Waals surface area (Å²) in [4.78, 5) is 24.2. The number of amides is 2. The molecule has 0 spiro atoms. The lowest BCUT2D eigenvalue weighted by Crippen LogP contribution is -2.50. The summed E-state index contributed by atoms with van der Waals surface area (Å²) >= 11 is 0. The molecular formula is C12H15N3O2. The molecule has 1 heterocycles. The van der Waals surface area contributed by atoms with Gasteiger partial charge in [0.25, 0.3) is 0 Å². The highest BCUT2D eigenvalue weighted by Gasteiger charge is 2.22. The Morgan fingerprint density at radius 3 is 2.47 bits per heavy atom. The van der Waals surface area contributed by atoms with Crippen molar-refractivity contribution >= 4 is 11.8 Å². The van der Waals surface area contributed by atoms with Crippen LogP contribution in [0.5, 0.6) is 0 Å². The fourth-order valence-electron chi connectivity index (χ4n) is 1.92. The Kier molecular flexibility index (Phi) is 3.51. The SMILES string of the molecule is NCc1cccc(CN2CC(=O)NC(=O)C2)c1. The maximum absolute atomic E-state index is 11.2. The molecule has 5 nitrogen and oxygen atoms in total. The molecule has 1 fully saturated rings. The minimum absolute atomic E-state index is 0.240. The smallest absolute Gasteiger partial charge is 0.240 e. The highest BCUT2D eigenvalue weighted by atomic mass is 16.2. The molecule has 0 bridgehead atoms. The van der Waals surface area contributed by atoms with Crippen LogP contribution < -0.4 is 11.1 Å². The summed E-state index contributed by atoms with van der Waals surface area (Å²) in [6.07, 6.45) is 0. The number of hydrogen-bond acceptors (Lipinski definition) is 4. The van der Waals surface area contributed by atoms with Gasteiger partial charge < -0.3 is 5.73 Å². The standard InChI is InChI=1S/C12H15N3O2/c13-5-9-2-1-3-10(4-9)6-15-7-11(16)14-12(17)8-15/h1-4H,5-8,13H2,(H,14,16,17). The molecule has 0 unspecified atom stereocenters. The van der Waals surface area contributed by atoms with Gasteiger partial charge in [-0.05, 0) is 11.1 Å². The number of nitrogens with one attached hydrogen (secondary N) is 1. The van der Waals surface area contributed by atoms with Crippen LogP contribution in [0.25, 0.3) is 0 Å². The van der Waals surface area contributed by atoms with Gasteiger partial charge in [0.15, 0.2) is 0 Å². The fraction of sp³-hybridized carbons (Fsp3) is 0.333. The van der Waals surface area contributed by atoms with Crippen LogP contribution >= 0.6 is 0 Å². The second-order valence-corrected chi connectivity index (χ2v) is 4.14. The van der Waals surface area contributed by atoms with Gasteiger partial charge in [0.2, 0.25) is 11.8 Å². The van der Waals surface area contributed by atoms with E-state index in [9.17, 15) is 9.59 Å². The molecule has 2 rings (SSSR count). The zero-order valence-electron chi connectivity index (χ0n) is 9.48. The van der Waals surface area contributed by atoms with Crippen LogP contribution in [0.15, 0.2) is 24.3 Å². The van der Waals surface area contributed by atoms with Crippen LogP contribution in [-0.4, -0.2) is 29.8 Å². The number of carbonyl (C=O) groups excluding carboxylic acids is 2. The molecule has 0 atom stereocenters. The average Bonchev–Trinajstić information content (AvgIpc) is 2.28. The van der Waals surface area contributed by atoms with Gasteiger partial charge in [-0.1, -0.05) is 24.3 Å². The first-order chi connectivity index (χ1) is 8.17. The molecule has 1 aliphatic rings. The molecule has 1 aromatic carbocycles. The Morgan fingerprint density at radius 2 is 1.82 bits per heavy atom. The number of carbonyl (C=O) groups is 2. The van der Waals surface area contributed by atoms with Crippen LogP contribution in [-0.2, 0) is 22.7 Å².